The van der Waals surface area contributed by atoms with Gasteiger partial charge in [0.25, 0.3) is 11.8 Å². The first-order chi connectivity index (χ1) is 13.4. The van der Waals surface area contributed by atoms with Gasteiger partial charge in [0.15, 0.2) is 0 Å². The van der Waals surface area contributed by atoms with Crippen LogP contribution in [0, 0.1) is 20.8 Å². The van der Waals surface area contributed by atoms with E-state index in [9.17, 15) is 9.59 Å². The molecule has 1 aliphatic heterocycles. The molecule has 0 spiro atoms. The number of likely N-dealkylation sites (N-methyl/N-ethyl adjacent to an activating group) is 1. The van der Waals surface area contributed by atoms with Gasteiger partial charge in [0.1, 0.15) is 0 Å². The molecule has 5 nitrogen and oxygen atoms in total. The quantitative estimate of drug-likeness (QED) is 0.882. The third-order valence-corrected chi connectivity index (χ3v) is 5.39. The zero-order valence-corrected chi connectivity index (χ0v) is 17.2. The van der Waals surface area contributed by atoms with Gasteiger partial charge in [-0.1, -0.05) is 30.7 Å². The maximum absolute atomic E-state index is 12.8. The molecule has 1 fully saturated rings. The van der Waals surface area contributed by atoms with Crippen LogP contribution in [0.15, 0.2) is 36.4 Å². The summed E-state index contributed by atoms with van der Waals surface area (Å²) in [6.45, 7) is 12.4. The topological polar surface area (TPSA) is 52.7 Å². The second-order valence-electron chi connectivity index (χ2n) is 7.54. The molecule has 0 aliphatic carbocycles. The maximum atomic E-state index is 12.8. The summed E-state index contributed by atoms with van der Waals surface area (Å²) < 4.78 is 0. The lowest BCUT2D eigenvalue weighted by atomic mass is 10.0. The van der Waals surface area contributed by atoms with Crippen LogP contribution in [0.5, 0.6) is 0 Å². The second-order valence-corrected chi connectivity index (χ2v) is 7.54. The van der Waals surface area contributed by atoms with Gasteiger partial charge in [0.05, 0.1) is 0 Å². The summed E-state index contributed by atoms with van der Waals surface area (Å²) >= 11 is 0. The van der Waals surface area contributed by atoms with E-state index in [1.165, 1.54) is 5.56 Å². The van der Waals surface area contributed by atoms with Crippen molar-refractivity contribution in [2.75, 3.05) is 38.0 Å². The van der Waals surface area contributed by atoms with E-state index in [2.05, 4.69) is 29.3 Å². The van der Waals surface area contributed by atoms with Crippen molar-refractivity contribution in [1.82, 2.24) is 9.80 Å². The van der Waals surface area contributed by atoms with E-state index in [4.69, 9.17) is 0 Å². The molecule has 1 N–H and O–H groups in total. The molecule has 2 aromatic rings. The van der Waals surface area contributed by atoms with Gasteiger partial charge in [-0.05, 0) is 56.6 Å². The third kappa shape index (κ3) is 4.42. The molecule has 1 saturated heterocycles. The highest BCUT2D eigenvalue weighted by Gasteiger charge is 2.22. The van der Waals surface area contributed by atoms with Crippen molar-refractivity contribution in [2.24, 2.45) is 0 Å². The van der Waals surface area contributed by atoms with Gasteiger partial charge in [-0.15, -0.1) is 0 Å². The molecule has 1 aliphatic rings. The fraction of sp³-hybridized carbons (Fsp3) is 0.391. The average molecular weight is 380 g/mol. The number of hydrogen-bond donors (Lipinski definition) is 1. The zero-order valence-electron chi connectivity index (χ0n) is 17.2. The molecule has 0 aromatic heterocycles. The summed E-state index contributed by atoms with van der Waals surface area (Å²) in [5.74, 6) is -0.200. The Hall–Kier alpha value is -2.66. The van der Waals surface area contributed by atoms with E-state index in [0.29, 0.717) is 11.1 Å². The molecular weight excluding hydrogens is 350 g/mol. The summed E-state index contributed by atoms with van der Waals surface area (Å²) in [5, 5.41) is 3.01. The number of aryl methyl sites for hydroxylation is 3. The van der Waals surface area contributed by atoms with Crippen LogP contribution in [0.2, 0.25) is 0 Å². The molecule has 0 atom stereocenters. The van der Waals surface area contributed by atoms with Gasteiger partial charge in [-0.3, -0.25) is 9.59 Å². The molecular formula is C23H29N3O2. The first-order valence-corrected chi connectivity index (χ1v) is 9.90. The minimum atomic E-state index is -0.194. The predicted molar refractivity (Wildman–Crippen MR) is 113 cm³/mol. The van der Waals surface area contributed by atoms with Crippen LogP contribution in [0.25, 0.3) is 0 Å². The number of nitrogens with one attached hydrogen (secondary N) is 1. The van der Waals surface area contributed by atoms with E-state index in [1.54, 1.807) is 24.3 Å². The molecule has 0 unspecified atom stereocenters. The molecule has 148 valence electrons. The SMILES string of the molecule is CCN1CCN(C(=O)c2cccc(C(=O)Nc3c(C)cc(C)cc3C)c2)CC1. The van der Waals surface area contributed by atoms with E-state index in [0.717, 1.165) is 49.5 Å². The number of carbonyl (C=O) groups is 2. The van der Waals surface area contributed by atoms with Crippen LogP contribution in [0.4, 0.5) is 5.69 Å². The Bertz CT molecular complexity index is 860. The molecule has 0 radical (unpaired) electrons. The normalized spacial score (nSPS) is 14.8. The van der Waals surface area contributed by atoms with Gasteiger partial charge in [-0.2, -0.15) is 0 Å². The highest BCUT2D eigenvalue weighted by molar-refractivity contribution is 6.06. The number of nitrogens with zero attached hydrogens (tertiary/aromatic N) is 2. The monoisotopic (exact) mass is 379 g/mol. The number of benzene rings is 2. The van der Waals surface area contributed by atoms with E-state index in [-0.39, 0.29) is 11.8 Å². The average Bonchev–Trinajstić information content (AvgIpc) is 2.70. The van der Waals surface area contributed by atoms with Crippen LogP contribution in [-0.4, -0.2) is 54.3 Å². The zero-order chi connectivity index (χ0) is 20.3. The largest absolute Gasteiger partial charge is 0.336 e. The van der Waals surface area contributed by atoms with Crippen molar-refractivity contribution >= 4 is 17.5 Å². The summed E-state index contributed by atoms with van der Waals surface area (Å²) in [4.78, 5) is 29.8. The van der Waals surface area contributed by atoms with Gasteiger partial charge in [0, 0.05) is 43.0 Å². The van der Waals surface area contributed by atoms with Crippen molar-refractivity contribution in [3.63, 3.8) is 0 Å². The minimum absolute atomic E-state index is 0.00639. The first-order valence-electron chi connectivity index (χ1n) is 9.90. The fourth-order valence-electron chi connectivity index (χ4n) is 3.81. The molecule has 5 heteroatoms. The van der Waals surface area contributed by atoms with Crippen LogP contribution in [0.1, 0.15) is 44.3 Å². The summed E-state index contributed by atoms with van der Waals surface area (Å²) in [5.41, 5.74) is 5.14. The Morgan fingerprint density at radius 1 is 0.929 bits per heavy atom. The van der Waals surface area contributed by atoms with Crippen LogP contribution < -0.4 is 5.32 Å². The summed E-state index contributed by atoms with van der Waals surface area (Å²) in [6.07, 6.45) is 0. The number of amides is 2. The van der Waals surface area contributed by atoms with Gasteiger partial charge >= 0.3 is 0 Å². The molecule has 28 heavy (non-hydrogen) atoms. The van der Waals surface area contributed by atoms with Crippen molar-refractivity contribution in [3.05, 3.63) is 64.2 Å². The van der Waals surface area contributed by atoms with Crippen LogP contribution >= 0.6 is 0 Å². The number of hydrogen-bond acceptors (Lipinski definition) is 3. The lowest BCUT2D eigenvalue weighted by molar-refractivity contribution is 0.0643. The van der Waals surface area contributed by atoms with Crippen LogP contribution in [-0.2, 0) is 0 Å². The Labute approximate surface area is 167 Å². The number of piperazine rings is 1. The standard InChI is InChI=1S/C23H29N3O2/c1-5-25-9-11-26(12-10-25)23(28)20-8-6-7-19(15-20)22(27)24-21-17(3)13-16(2)14-18(21)4/h6-8,13-15H,5,9-12H2,1-4H3,(H,24,27). The Morgan fingerprint density at radius 3 is 2.14 bits per heavy atom. The number of rotatable bonds is 4. The van der Waals surface area contributed by atoms with Crippen molar-refractivity contribution in [3.8, 4) is 0 Å². The highest BCUT2D eigenvalue weighted by atomic mass is 16.2. The Kier molecular flexibility index (Phi) is 6.15. The van der Waals surface area contributed by atoms with Gasteiger partial charge in [-0.25, -0.2) is 0 Å². The Balaban J connectivity index is 1.74. The van der Waals surface area contributed by atoms with Crippen molar-refractivity contribution in [2.45, 2.75) is 27.7 Å². The third-order valence-electron chi connectivity index (χ3n) is 5.39. The van der Waals surface area contributed by atoms with Crippen LogP contribution in [0.3, 0.4) is 0 Å². The number of anilines is 1. The Morgan fingerprint density at radius 2 is 1.54 bits per heavy atom. The molecule has 0 saturated carbocycles. The summed E-state index contributed by atoms with van der Waals surface area (Å²) in [6, 6.07) is 11.1. The van der Waals surface area contributed by atoms with Gasteiger partial charge in [0.2, 0.25) is 0 Å². The van der Waals surface area contributed by atoms with E-state index >= 15 is 0 Å². The molecule has 2 amide bonds. The highest BCUT2D eigenvalue weighted by Crippen LogP contribution is 2.23. The lowest BCUT2D eigenvalue weighted by Gasteiger charge is -2.34. The van der Waals surface area contributed by atoms with Gasteiger partial charge < -0.3 is 15.1 Å². The maximum Gasteiger partial charge on any atom is 0.255 e. The number of carbonyl (C=O) groups excluding carboxylic acids is 2. The van der Waals surface area contributed by atoms with E-state index in [1.807, 2.05) is 25.7 Å². The van der Waals surface area contributed by atoms with Crippen molar-refractivity contribution in [1.29, 1.82) is 0 Å². The predicted octanol–water partition coefficient (Wildman–Crippen LogP) is 3.64. The fourth-order valence-corrected chi connectivity index (χ4v) is 3.81. The summed E-state index contributed by atoms with van der Waals surface area (Å²) in [7, 11) is 0. The minimum Gasteiger partial charge on any atom is -0.336 e. The lowest BCUT2D eigenvalue weighted by Crippen LogP contribution is -2.48. The second kappa shape index (κ2) is 8.57. The smallest absolute Gasteiger partial charge is 0.255 e. The first kappa shape index (κ1) is 20.1. The molecule has 1 heterocycles. The van der Waals surface area contributed by atoms with Crippen molar-refractivity contribution < 1.29 is 9.59 Å². The van der Waals surface area contributed by atoms with E-state index < -0.39 is 0 Å². The molecule has 0 bridgehead atoms. The molecule has 2 aromatic carbocycles. The molecule has 3 rings (SSSR count).